The third-order valence-corrected chi connectivity index (χ3v) is 3.27. The lowest BCUT2D eigenvalue weighted by atomic mass is 9.87. The van der Waals surface area contributed by atoms with Gasteiger partial charge in [0.2, 0.25) is 0 Å². The molecule has 94 valence electrons. The van der Waals surface area contributed by atoms with Crippen LogP contribution in [0.1, 0.15) is 32.6 Å². The van der Waals surface area contributed by atoms with Gasteiger partial charge in [-0.05, 0) is 19.3 Å². The SMILES string of the molecule is CCCOC1C(O)CC1OC1CCOCC1. The van der Waals surface area contributed by atoms with Crippen LogP contribution in [0.4, 0.5) is 0 Å². The zero-order valence-corrected chi connectivity index (χ0v) is 9.93. The van der Waals surface area contributed by atoms with Gasteiger partial charge in [0.05, 0.1) is 18.3 Å². The first-order chi connectivity index (χ1) is 7.81. The molecule has 0 aromatic carbocycles. The summed E-state index contributed by atoms with van der Waals surface area (Å²) < 4.78 is 16.8. The zero-order chi connectivity index (χ0) is 11.4. The van der Waals surface area contributed by atoms with E-state index >= 15 is 0 Å². The highest BCUT2D eigenvalue weighted by molar-refractivity contribution is 4.92. The molecule has 1 saturated heterocycles. The molecule has 16 heavy (non-hydrogen) atoms. The molecule has 1 aliphatic heterocycles. The molecule has 0 radical (unpaired) electrons. The third-order valence-electron chi connectivity index (χ3n) is 3.27. The molecule has 1 heterocycles. The van der Waals surface area contributed by atoms with Gasteiger partial charge in [-0.3, -0.25) is 0 Å². The molecule has 1 aliphatic carbocycles. The third kappa shape index (κ3) is 2.94. The molecule has 0 aromatic heterocycles. The second kappa shape index (κ2) is 5.96. The Labute approximate surface area is 96.9 Å². The quantitative estimate of drug-likeness (QED) is 0.768. The second-order valence-electron chi connectivity index (χ2n) is 4.62. The summed E-state index contributed by atoms with van der Waals surface area (Å²) in [4.78, 5) is 0. The summed E-state index contributed by atoms with van der Waals surface area (Å²) in [5, 5.41) is 9.60. The van der Waals surface area contributed by atoms with Crippen LogP contribution in [0, 0.1) is 0 Å². The van der Waals surface area contributed by atoms with E-state index < -0.39 is 0 Å². The van der Waals surface area contributed by atoms with Crippen molar-refractivity contribution in [2.75, 3.05) is 19.8 Å². The Balaban J connectivity index is 1.72. The summed E-state index contributed by atoms with van der Waals surface area (Å²) in [7, 11) is 0. The summed E-state index contributed by atoms with van der Waals surface area (Å²) in [6.45, 7) is 4.36. The van der Waals surface area contributed by atoms with Crippen LogP contribution in [0.25, 0.3) is 0 Å². The molecule has 0 amide bonds. The molecule has 2 rings (SSSR count). The van der Waals surface area contributed by atoms with Crippen LogP contribution in [-0.2, 0) is 14.2 Å². The molecule has 4 nitrogen and oxygen atoms in total. The van der Waals surface area contributed by atoms with Crippen molar-refractivity contribution in [1.29, 1.82) is 0 Å². The van der Waals surface area contributed by atoms with Crippen molar-refractivity contribution in [3.05, 3.63) is 0 Å². The zero-order valence-electron chi connectivity index (χ0n) is 9.93. The van der Waals surface area contributed by atoms with Crippen molar-refractivity contribution in [3.63, 3.8) is 0 Å². The maximum Gasteiger partial charge on any atom is 0.110 e. The molecule has 3 unspecified atom stereocenters. The van der Waals surface area contributed by atoms with Gasteiger partial charge in [-0.25, -0.2) is 0 Å². The molecule has 2 aliphatic rings. The Morgan fingerprint density at radius 1 is 1.31 bits per heavy atom. The smallest absolute Gasteiger partial charge is 0.110 e. The first kappa shape index (κ1) is 12.3. The van der Waals surface area contributed by atoms with E-state index in [0.29, 0.717) is 19.1 Å². The molecule has 0 bridgehead atoms. The van der Waals surface area contributed by atoms with Crippen molar-refractivity contribution < 1.29 is 19.3 Å². The molecule has 2 fully saturated rings. The van der Waals surface area contributed by atoms with Gasteiger partial charge in [-0.2, -0.15) is 0 Å². The minimum atomic E-state index is -0.337. The lowest BCUT2D eigenvalue weighted by Crippen LogP contribution is -2.55. The summed E-state index contributed by atoms with van der Waals surface area (Å²) >= 11 is 0. The van der Waals surface area contributed by atoms with Crippen LogP contribution in [-0.4, -0.2) is 49.3 Å². The van der Waals surface area contributed by atoms with E-state index in [9.17, 15) is 5.11 Å². The topological polar surface area (TPSA) is 47.9 Å². The van der Waals surface area contributed by atoms with Gasteiger partial charge in [0.1, 0.15) is 6.10 Å². The summed E-state index contributed by atoms with van der Waals surface area (Å²) in [5.41, 5.74) is 0. The number of hydrogen-bond donors (Lipinski definition) is 1. The number of aliphatic hydroxyl groups excluding tert-OH is 1. The van der Waals surface area contributed by atoms with Crippen molar-refractivity contribution in [3.8, 4) is 0 Å². The molecule has 0 aromatic rings. The summed E-state index contributed by atoms with van der Waals surface area (Å²) in [6, 6.07) is 0. The van der Waals surface area contributed by atoms with E-state index in [2.05, 4.69) is 6.92 Å². The molecule has 4 heteroatoms. The van der Waals surface area contributed by atoms with E-state index in [4.69, 9.17) is 14.2 Å². The maximum atomic E-state index is 9.60. The molecule has 3 atom stereocenters. The highest BCUT2D eigenvalue weighted by Gasteiger charge is 2.43. The fraction of sp³-hybridized carbons (Fsp3) is 1.00. The Bertz CT molecular complexity index is 203. The lowest BCUT2D eigenvalue weighted by Gasteiger charge is -2.43. The Hall–Kier alpha value is -0.160. The normalized spacial score (nSPS) is 36.0. The van der Waals surface area contributed by atoms with Gasteiger partial charge in [0.15, 0.2) is 0 Å². The van der Waals surface area contributed by atoms with Crippen molar-refractivity contribution >= 4 is 0 Å². The average molecular weight is 230 g/mol. The predicted molar refractivity (Wildman–Crippen MR) is 59.4 cm³/mol. The highest BCUT2D eigenvalue weighted by Crippen LogP contribution is 2.30. The Kier molecular flexibility index (Phi) is 4.58. The van der Waals surface area contributed by atoms with Crippen LogP contribution in [0.3, 0.4) is 0 Å². The monoisotopic (exact) mass is 230 g/mol. The van der Waals surface area contributed by atoms with E-state index in [1.165, 1.54) is 0 Å². The molecule has 1 N–H and O–H groups in total. The fourth-order valence-corrected chi connectivity index (χ4v) is 2.22. The van der Waals surface area contributed by atoms with Crippen molar-refractivity contribution in [2.45, 2.75) is 57.0 Å². The molecular formula is C12H22O4. The highest BCUT2D eigenvalue weighted by atomic mass is 16.6. The first-order valence-electron chi connectivity index (χ1n) is 6.34. The predicted octanol–water partition coefficient (Wildman–Crippen LogP) is 1.11. The van der Waals surface area contributed by atoms with Gasteiger partial charge >= 0.3 is 0 Å². The Morgan fingerprint density at radius 3 is 2.69 bits per heavy atom. The minimum absolute atomic E-state index is 0.0876. The summed E-state index contributed by atoms with van der Waals surface area (Å²) in [6.07, 6.45) is 3.56. The van der Waals surface area contributed by atoms with Crippen LogP contribution < -0.4 is 0 Å². The van der Waals surface area contributed by atoms with Gasteiger partial charge in [0.25, 0.3) is 0 Å². The van der Waals surface area contributed by atoms with Crippen LogP contribution in [0.15, 0.2) is 0 Å². The lowest BCUT2D eigenvalue weighted by molar-refractivity contribution is -0.214. The molecular weight excluding hydrogens is 208 g/mol. The Morgan fingerprint density at radius 2 is 2.06 bits per heavy atom. The maximum absolute atomic E-state index is 9.60. The minimum Gasteiger partial charge on any atom is -0.390 e. The molecule has 0 spiro atoms. The van der Waals surface area contributed by atoms with Gasteiger partial charge in [-0.1, -0.05) is 6.92 Å². The van der Waals surface area contributed by atoms with E-state index in [1.807, 2.05) is 0 Å². The van der Waals surface area contributed by atoms with Crippen LogP contribution in [0.2, 0.25) is 0 Å². The number of rotatable bonds is 5. The largest absolute Gasteiger partial charge is 0.390 e. The number of aliphatic hydroxyl groups is 1. The van der Waals surface area contributed by atoms with Crippen LogP contribution >= 0.6 is 0 Å². The average Bonchev–Trinajstić information content (AvgIpc) is 2.30. The van der Waals surface area contributed by atoms with Crippen molar-refractivity contribution in [2.24, 2.45) is 0 Å². The van der Waals surface area contributed by atoms with E-state index in [0.717, 1.165) is 32.5 Å². The van der Waals surface area contributed by atoms with E-state index in [1.54, 1.807) is 0 Å². The number of ether oxygens (including phenoxy) is 3. The van der Waals surface area contributed by atoms with Gasteiger partial charge in [-0.15, -0.1) is 0 Å². The molecule has 1 saturated carbocycles. The number of hydrogen-bond acceptors (Lipinski definition) is 4. The second-order valence-corrected chi connectivity index (χ2v) is 4.62. The van der Waals surface area contributed by atoms with Crippen LogP contribution in [0.5, 0.6) is 0 Å². The standard InChI is InChI=1S/C12H22O4/c1-2-5-15-12-10(13)8-11(12)16-9-3-6-14-7-4-9/h9-13H,2-8H2,1H3. The first-order valence-corrected chi connectivity index (χ1v) is 6.34. The summed E-state index contributed by atoms with van der Waals surface area (Å²) in [5.74, 6) is 0. The van der Waals surface area contributed by atoms with E-state index in [-0.39, 0.29) is 18.3 Å². The fourth-order valence-electron chi connectivity index (χ4n) is 2.22. The van der Waals surface area contributed by atoms with Crippen molar-refractivity contribution in [1.82, 2.24) is 0 Å². The van der Waals surface area contributed by atoms with Gasteiger partial charge < -0.3 is 19.3 Å². The van der Waals surface area contributed by atoms with Gasteiger partial charge in [0, 0.05) is 26.2 Å².